The third kappa shape index (κ3) is 3.12. The lowest BCUT2D eigenvalue weighted by Crippen LogP contribution is -2.13. The van der Waals surface area contributed by atoms with Gasteiger partial charge >= 0.3 is 0 Å². The Kier molecular flexibility index (Phi) is 3.89. The fraction of sp³-hybridized carbons (Fsp3) is 0.500. The highest BCUT2D eigenvalue weighted by Gasteiger charge is 2.22. The van der Waals surface area contributed by atoms with E-state index in [1.807, 2.05) is 12.1 Å². The predicted molar refractivity (Wildman–Crippen MR) is 72.9 cm³/mol. The lowest BCUT2D eigenvalue weighted by atomic mass is 10.1. The van der Waals surface area contributed by atoms with Crippen LogP contribution in [0.3, 0.4) is 0 Å². The summed E-state index contributed by atoms with van der Waals surface area (Å²) in [6, 6.07) is 3.78. The standard InChI is InChI=1S/C12H17N3OS/c1-8(2)10-7-14-12(17-10)15-9-4-5-11(16-3)13-6-9/h4-6,8,10H,7H2,1-3H3,(H,14,15). The minimum absolute atomic E-state index is 0.587. The maximum absolute atomic E-state index is 5.01. The van der Waals surface area contributed by atoms with Crippen LogP contribution in [0.4, 0.5) is 5.69 Å². The van der Waals surface area contributed by atoms with Gasteiger partial charge in [-0.3, -0.25) is 4.99 Å². The largest absolute Gasteiger partial charge is 0.481 e. The number of nitrogens with one attached hydrogen (secondary N) is 1. The minimum atomic E-state index is 0.587. The first-order chi connectivity index (χ1) is 8.19. The second kappa shape index (κ2) is 5.40. The summed E-state index contributed by atoms with van der Waals surface area (Å²) in [7, 11) is 1.61. The molecule has 0 fully saturated rings. The zero-order valence-corrected chi connectivity index (χ0v) is 11.1. The summed E-state index contributed by atoms with van der Waals surface area (Å²) in [5.74, 6) is 1.27. The van der Waals surface area contributed by atoms with Gasteiger partial charge in [-0.2, -0.15) is 0 Å². The van der Waals surface area contributed by atoms with Crippen molar-refractivity contribution in [2.45, 2.75) is 19.1 Å². The van der Waals surface area contributed by atoms with Crippen molar-refractivity contribution in [1.29, 1.82) is 0 Å². The zero-order valence-electron chi connectivity index (χ0n) is 10.3. The van der Waals surface area contributed by atoms with Crippen molar-refractivity contribution in [3.8, 4) is 5.88 Å². The Bertz CT molecular complexity index is 403. The number of hydrogen-bond acceptors (Lipinski definition) is 5. The molecule has 5 heteroatoms. The molecule has 0 saturated heterocycles. The Balaban J connectivity index is 1.93. The van der Waals surface area contributed by atoms with E-state index in [1.54, 1.807) is 25.1 Å². The van der Waals surface area contributed by atoms with Crippen molar-refractivity contribution in [3.05, 3.63) is 18.3 Å². The van der Waals surface area contributed by atoms with E-state index in [1.165, 1.54) is 0 Å². The minimum Gasteiger partial charge on any atom is -0.481 e. The lowest BCUT2D eigenvalue weighted by Gasteiger charge is -2.12. The molecule has 1 aliphatic rings. The summed E-state index contributed by atoms with van der Waals surface area (Å²) in [4.78, 5) is 8.63. The first-order valence-corrected chi connectivity index (χ1v) is 6.55. The maximum atomic E-state index is 5.01. The van der Waals surface area contributed by atoms with Gasteiger partial charge in [-0.05, 0) is 12.0 Å². The molecule has 1 aromatic heterocycles. The van der Waals surface area contributed by atoms with Crippen LogP contribution in [0.5, 0.6) is 5.88 Å². The average molecular weight is 251 g/mol. The second-order valence-corrected chi connectivity index (χ2v) is 5.49. The molecule has 1 aromatic rings. The molecule has 1 atom stereocenters. The average Bonchev–Trinajstić information content (AvgIpc) is 2.79. The lowest BCUT2D eigenvalue weighted by molar-refractivity contribution is 0.398. The number of thioether (sulfide) groups is 1. The van der Waals surface area contributed by atoms with Crippen LogP contribution in [-0.4, -0.2) is 29.1 Å². The third-order valence-electron chi connectivity index (χ3n) is 2.62. The summed E-state index contributed by atoms with van der Waals surface area (Å²) in [5, 5.41) is 4.84. The monoisotopic (exact) mass is 251 g/mol. The summed E-state index contributed by atoms with van der Waals surface area (Å²) in [6.07, 6.45) is 1.75. The van der Waals surface area contributed by atoms with Crippen LogP contribution in [-0.2, 0) is 0 Å². The molecule has 92 valence electrons. The molecule has 1 aliphatic heterocycles. The van der Waals surface area contributed by atoms with Gasteiger partial charge in [0.25, 0.3) is 0 Å². The molecule has 0 aromatic carbocycles. The Morgan fingerprint density at radius 3 is 2.82 bits per heavy atom. The molecule has 17 heavy (non-hydrogen) atoms. The van der Waals surface area contributed by atoms with Gasteiger partial charge in [0.2, 0.25) is 5.88 Å². The molecule has 0 bridgehead atoms. The molecule has 1 N–H and O–H groups in total. The number of aliphatic imine (C=N–C) groups is 1. The van der Waals surface area contributed by atoms with E-state index < -0.39 is 0 Å². The van der Waals surface area contributed by atoms with E-state index in [2.05, 4.69) is 29.1 Å². The quantitative estimate of drug-likeness (QED) is 0.897. The van der Waals surface area contributed by atoms with Gasteiger partial charge in [-0.1, -0.05) is 25.6 Å². The molecule has 0 spiro atoms. The van der Waals surface area contributed by atoms with Crippen LogP contribution in [0.1, 0.15) is 13.8 Å². The molecule has 1 unspecified atom stereocenters. The molecule has 0 amide bonds. The fourth-order valence-corrected chi connectivity index (χ4v) is 2.54. The van der Waals surface area contributed by atoms with Gasteiger partial charge in [0.05, 0.1) is 25.5 Å². The number of ether oxygens (including phenoxy) is 1. The molecule has 2 rings (SSSR count). The Hall–Kier alpha value is -1.23. The van der Waals surface area contributed by atoms with Gasteiger partial charge in [0.1, 0.15) is 0 Å². The first-order valence-electron chi connectivity index (χ1n) is 5.67. The molecule has 0 aliphatic carbocycles. The van der Waals surface area contributed by atoms with E-state index >= 15 is 0 Å². The number of amidine groups is 1. The van der Waals surface area contributed by atoms with Crippen LogP contribution in [0, 0.1) is 5.92 Å². The van der Waals surface area contributed by atoms with Gasteiger partial charge in [0, 0.05) is 11.3 Å². The number of methoxy groups -OCH3 is 1. The predicted octanol–water partition coefficient (Wildman–Crippen LogP) is 2.63. The third-order valence-corrected chi connectivity index (χ3v) is 4.07. The summed E-state index contributed by atoms with van der Waals surface area (Å²) in [5.41, 5.74) is 0.946. The SMILES string of the molecule is COc1ccc(NC2=NCC(C(C)C)S2)cn1. The Morgan fingerprint density at radius 2 is 2.29 bits per heavy atom. The van der Waals surface area contributed by atoms with Crippen LogP contribution in [0.25, 0.3) is 0 Å². The number of rotatable bonds is 3. The number of nitrogens with zero attached hydrogens (tertiary/aromatic N) is 2. The molecule has 4 nitrogen and oxygen atoms in total. The van der Waals surface area contributed by atoms with Gasteiger partial charge in [-0.25, -0.2) is 4.98 Å². The molecule has 0 radical (unpaired) electrons. The fourth-order valence-electron chi connectivity index (χ4n) is 1.51. The Morgan fingerprint density at radius 1 is 1.47 bits per heavy atom. The highest BCUT2D eigenvalue weighted by molar-refractivity contribution is 8.15. The van der Waals surface area contributed by atoms with E-state index in [4.69, 9.17) is 4.74 Å². The van der Waals surface area contributed by atoms with E-state index in [0.29, 0.717) is 17.0 Å². The summed E-state index contributed by atoms with van der Waals surface area (Å²) >= 11 is 1.80. The number of aromatic nitrogens is 1. The highest BCUT2D eigenvalue weighted by atomic mass is 32.2. The zero-order chi connectivity index (χ0) is 12.3. The normalized spacial score (nSPS) is 19.3. The molecule has 2 heterocycles. The van der Waals surface area contributed by atoms with E-state index in [9.17, 15) is 0 Å². The van der Waals surface area contributed by atoms with E-state index in [-0.39, 0.29) is 0 Å². The summed E-state index contributed by atoms with van der Waals surface area (Å²) < 4.78 is 5.01. The van der Waals surface area contributed by atoms with Gasteiger partial charge in [0.15, 0.2) is 5.17 Å². The topological polar surface area (TPSA) is 46.5 Å². The van der Waals surface area contributed by atoms with Crippen molar-refractivity contribution >= 4 is 22.6 Å². The summed E-state index contributed by atoms with van der Waals surface area (Å²) in [6.45, 7) is 5.35. The maximum Gasteiger partial charge on any atom is 0.213 e. The second-order valence-electron chi connectivity index (χ2n) is 4.26. The molecule has 0 saturated carbocycles. The van der Waals surface area contributed by atoms with Crippen LogP contribution < -0.4 is 10.1 Å². The molecular weight excluding hydrogens is 234 g/mol. The van der Waals surface area contributed by atoms with E-state index in [0.717, 1.165) is 17.4 Å². The first kappa shape index (κ1) is 12.2. The van der Waals surface area contributed by atoms with Crippen LogP contribution in [0.15, 0.2) is 23.3 Å². The van der Waals surface area contributed by atoms with Crippen molar-refractivity contribution in [2.24, 2.45) is 10.9 Å². The number of hydrogen-bond donors (Lipinski definition) is 1. The van der Waals surface area contributed by atoms with Crippen LogP contribution >= 0.6 is 11.8 Å². The van der Waals surface area contributed by atoms with Crippen molar-refractivity contribution in [1.82, 2.24) is 4.98 Å². The van der Waals surface area contributed by atoms with Crippen molar-refractivity contribution < 1.29 is 4.74 Å². The molecular formula is C12H17N3OS. The van der Waals surface area contributed by atoms with Crippen molar-refractivity contribution in [3.63, 3.8) is 0 Å². The van der Waals surface area contributed by atoms with Crippen molar-refractivity contribution in [2.75, 3.05) is 19.0 Å². The van der Waals surface area contributed by atoms with Crippen LogP contribution in [0.2, 0.25) is 0 Å². The Labute approximate surface area is 106 Å². The van der Waals surface area contributed by atoms with Gasteiger partial charge in [-0.15, -0.1) is 0 Å². The smallest absolute Gasteiger partial charge is 0.213 e. The van der Waals surface area contributed by atoms with Gasteiger partial charge < -0.3 is 10.1 Å². The highest BCUT2D eigenvalue weighted by Crippen LogP contribution is 2.27. The number of anilines is 1. The number of pyridine rings is 1.